The minimum absolute atomic E-state index is 0.00178. The van der Waals surface area contributed by atoms with E-state index in [0.717, 1.165) is 38.5 Å². The van der Waals surface area contributed by atoms with Crippen LogP contribution in [0.4, 0.5) is 4.79 Å². The molecule has 0 radical (unpaired) electrons. The lowest BCUT2D eigenvalue weighted by Crippen LogP contribution is -2.54. The van der Waals surface area contributed by atoms with Crippen molar-refractivity contribution < 1.29 is 4.79 Å². The summed E-state index contributed by atoms with van der Waals surface area (Å²) in [5.74, 6) is 0.843. The van der Waals surface area contributed by atoms with E-state index in [1.807, 2.05) is 0 Å². The van der Waals surface area contributed by atoms with Gasteiger partial charge in [-0.3, -0.25) is 4.90 Å². The Morgan fingerprint density at radius 3 is 2.38 bits per heavy atom. The number of hydrogen-bond donors (Lipinski definition) is 2. The predicted molar refractivity (Wildman–Crippen MR) is 87.5 cm³/mol. The number of amides is 2. The highest BCUT2D eigenvalue weighted by molar-refractivity contribution is 5.73. The summed E-state index contributed by atoms with van der Waals surface area (Å²) in [5.41, 5.74) is 0.0587. The van der Waals surface area contributed by atoms with Gasteiger partial charge >= 0.3 is 6.03 Å². The topological polar surface area (TPSA) is 44.4 Å². The van der Waals surface area contributed by atoms with Crippen molar-refractivity contribution in [2.75, 3.05) is 26.2 Å². The van der Waals surface area contributed by atoms with Crippen molar-refractivity contribution in [2.45, 2.75) is 70.8 Å². The Kier molecular flexibility index (Phi) is 6.34. The van der Waals surface area contributed by atoms with Crippen LogP contribution in [0.2, 0.25) is 0 Å². The summed E-state index contributed by atoms with van der Waals surface area (Å²) >= 11 is 0. The molecule has 0 spiro atoms. The van der Waals surface area contributed by atoms with E-state index in [9.17, 15) is 4.79 Å². The van der Waals surface area contributed by atoms with E-state index in [4.69, 9.17) is 0 Å². The van der Waals surface area contributed by atoms with Gasteiger partial charge < -0.3 is 10.6 Å². The molecule has 2 amide bonds. The number of nitrogens with one attached hydrogen (secondary N) is 2. The first-order valence-electron chi connectivity index (χ1n) is 8.85. The van der Waals surface area contributed by atoms with Crippen molar-refractivity contribution in [3.8, 4) is 0 Å². The number of nitrogens with zero attached hydrogens (tertiary/aromatic N) is 1. The van der Waals surface area contributed by atoms with Crippen LogP contribution in [0.5, 0.6) is 0 Å². The minimum atomic E-state index is -0.00178. The second-order valence-electron chi connectivity index (χ2n) is 7.41. The van der Waals surface area contributed by atoms with Crippen molar-refractivity contribution in [3.05, 3.63) is 0 Å². The number of piperidine rings is 1. The van der Waals surface area contributed by atoms with Crippen LogP contribution < -0.4 is 10.6 Å². The van der Waals surface area contributed by atoms with Crippen molar-refractivity contribution in [2.24, 2.45) is 5.92 Å². The molecule has 1 aliphatic carbocycles. The number of carbonyl (C=O) groups excluding carboxylic acids is 1. The number of rotatable bonds is 6. The normalized spacial score (nSPS) is 21.4. The van der Waals surface area contributed by atoms with Crippen LogP contribution >= 0.6 is 0 Å². The lowest BCUT2D eigenvalue weighted by atomic mass is 9.98. The average Bonchev–Trinajstić information content (AvgIpc) is 2.99. The third kappa shape index (κ3) is 5.50. The van der Waals surface area contributed by atoms with Gasteiger partial charge in [0.2, 0.25) is 0 Å². The van der Waals surface area contributed by atoms with Gasteiger partial charge in [-0.15, -0.1) is 0 Å². The van der Waals surface area contributed by atoms with E-state index in [-0.39, 0.29) is 11.6 Å². The van der Waals surface area contributed by atoms with Crippen LogP contribution in [0.25, 0.3) is 0 Å². The van der Waals surface area contributed by atoms with Crippen LogP contribution in [0.15, 0.2) is 0 Å². The third-order valence-electron chi connectivity index (χ3n) is 5.21. The quantitative estimate of drug-likeness (QED) is 0.790. The van der Waals surface area contributed by atoms with Gasteiger partial charge in [-0.2, -0.15) is 0 Å². The molecule has 2 N–H and O–H groups in total. The molecule has 1 saturated carbocycles. The molecule has 2 fully saturated rings. The number of carbonyl (C=O) groups is 1. The second kappa shape index (κ2) is 8.02. The largest absolute Gasteiger partial charge is 0.338 e. The van der Waals surface area contributed by atoms with Crippen LogP contribution in [-0.4, -0.2) is 42.6 Å². The molecule has 4 heteroatoms. The Bertz CT molecular complexity index is 318. The van der Waals surface area contributed by atoms with Gasteiger partial charge in [0.05, 0.1) is 0 Å². The summed E-state index contributed by atoms with van der Waals surface area (Å²) in [6.07, 6.45) is 10.5. The van der Waals surface area contributed by atoms with Gasteiger partial charge in [-0.25, -0.2) is 4.79 Å². The van der Waals surface area contributed by atoms with Crippen LogP contribution in [0.3, 0.4) is 0 Å². The maximum Gasteiger partial charge on any atom is 0.314 e. The molecular weight excluding hydrogens is 262 g/mol. The molecule has 1 heterocycles. The smallest absolute Gasteiger partial charge is 0.314 e. The average molecular weight is 295 g/mol. The molecule has 0 unspecified atom stereocenters. The van der Waals surface area contributed by atoms with E-state index >= 15 is 0 Å². The fourth-order valence-electron chi connectivity index (χ4n) is 3.66. The van der Waals surface area contributed by atoms with Crippen molar-refractivity contribution in [1.29, 1.82) is 0 Å². The summed E-state index contributed by atoms with van der Waals surface area (Å²) in [7, 11) is 0. The monoisotopic (exact) mass is 295 g/mol. The molecular formula is C17H33N3O. The van der Waals surface area contributed by atoms with Gasteiger partial charge in [-0.05, 0) is 52.1 Å². The Morgan fingerprint density at radius 2 is 1.71 bits per heavy atom. The second-order valence-corrected chi connectivity index (χ2v) is 7.41. The molecule has 0 aromatic heterocycles. The summed E-state index contributed by atoms with van der Waals surface area (Å²) in [4.78, 5) is 14.4. The molecule has 1 aliphatic heterocycles. The number of likely N-dealkylation sites (tertiary alicyclic amines) is 1. The highest BCUT2D eigenvalue weighted by Gasteiger charge is 2.28. The molecule has 0 aromatic rings. The Labute approximate surface area is 130 Å². The van der Waals surface area contributed by atoms with Crippen molar-refractivity contribution in [1.82, 2.24) is 15.5 Å². The van der Waals surface area contributed by atoms with E-state index in [2.05, 4.69) is 29.4 Å². The molecule has 122 valence electrons. The van der Waals surface area contributed by atoms with Crippen LogP contribution in [0.1, 0.15) is 65.2 Å². The first kappa shape index (κ1) is 16.6. The van der Waals surface area contributed by atoms with E-state index in [0.29, 0.717) is 0 Å². The molecule has 2 aliphatic rings. The van der Waals surface area contributed by atoms with Crippen molar-refractivity contribution >= 4 is 6.03 Å². The lowest BCUT2D eigenvalue weighted by molar-refractivity contribution is 0.0960. The standard InChI is InChI=1S/C17H33N3O/c1-17(2,20-12-6-3-7-13-20)14-19-16(21)18-11-10-15-8-4-5-9-15/h15H,3-14H2,1-2H3,(H2,18,19,21). The SMILES string of the molecule is CC(C)(CNC(=O)NCCC1CCCC1)N1CCCCC1. The lowest BCUT2D eigenvalue weighted by Gasteiger charge is -2.41. The van der Waals surface area contributed by atoms with Gasteiger partial charge in [0.15, 0.2) is 0 Å². The Balaban J connectivity index is 1.60. The summed E-state index contributed by atoms with van der Waals surface area (Å²) in [5, 5.41) is 6.07. The van der Waals surface area contributed by atoms with Gasteiger partial charge in [-0.1, -0.05) is 32.1 Å². The maximum absolute atomic E-state index is 11.9. The zero-order chi connectivity index (χ0) is 15.1. The summed E-state index contributed by atoms with van der Waals surface area (Å²) < 4.78 is 0. The maximum atomic E-state index is 11.9. The first-order chi connectivity index (χ1) is 10.1. The highest BCUT2D eigenvalue weighted by Crippen LogP contribution is 2.26. The zero-order valence-electron chi connectivity index (χ0n) is 13.9. The van der Waals surface area contributed by atoms with E-state index < -0.39 is 0 Å². The summed E-state index contributed by atoms with van der Waals surface area (Å²) in [6, 6.07) is -0.00178. The van der Waals surface area contributed by atoms with E-state index in [1.165, 1.54) is 44.9 Å². The van der Waals surface area contributed by atoms with Crippen LogP contribution in [-0.2, 0) is 0 Å². The molecule has 0 aromatic carbocycles. The van der Waals surface area contributed by atoms with Gasteiger partial charge in [0.1, 0.15) is 0 Å². The van der Waals surface area contributed by atoms with E-state index in [1.54, 1.807) is 0 Å². The fraction of sp³-hybridized carbons (Fsp3) is 0.941. The molecule has 2 rings (SSSR count). The van der Waals surface area contributed by atoms with Crippen molar-refractivity contribution in [3.63, 3.8) is 0 Å². The molecule has 21 heavy (non-hydrogen) atoms. The Morgan fingerprint density at radius 1 is 1.05 bits per heavy atom. The number of urea groups is 1. The molecule has 0 atom stereocenters. The van der Waals surface area contributed by atoms with Gasteiger partial charge in [0.25, 0.3) is 0 Å². The van der Waals surface area contributed by atoms with Gasteiger partial charge in [0, 0.05) is 18.6 Å². The first-order valence-corrected chi connectivity index (χ1v) is 8.85. The number of hydrogen-bond acceptors (Lipinski definition) is 2. The fourth-order valence-corrected chi connectivity index (χ4v) is 3.66. The molecule has 4 nitrogen and oxygen atoms in total. The molecule has 1 saturated heterocycles. The summed E-state index contributed by atoms with van der Waals surface area (Å²) in [6.45, 7) is 8.34. The Hall–Kier alpha value is -0.770. The minimum Gasteiger partial charge on any atom is -0.338 e. The highest BCUT2D eigenvalue weighted by atomic mass is 16.2. The third-order valence-corrected chi connectivity index (χ3v) is 5.21. The van der Waals surface area contributed by atoms with Crippen LogP contribution in [0, 0.1) is 5.92 Å². The predicted octanol–water partition coefficient (Wildman–Crippen LogP) is 3.13. The molecule has 0 bridgehead atoms. The zero-order valence-corrected chi connectivity index (χ0v) is 13.9.